The van der Waals surface area contributed by atoms with Crippen molar-refractivity contribution in [3.8, 4) is 11.5 Å². The summed E-state index contributed by atoms with van der Waals surface area (Å²) in [6.07, 6.45) is 1.34. The number of hydrogen-bond acceptors (Lipinski definition) is 3. The number of fused-ring (bicyclic) bond motifs is 1. The Morgan fingerprint density at radius 2 is 1.65 bits per heavy atom. The minimum atomic E-state index is -0.412. The monoisotopic (exact) mass is 354 g/mol. The molecule has 2 aromatic carbocycles. The Morgan fingerprint density at radius 1 is 1.00 bits per heavy atom. The summed E-state index contributed by atoms with van der Waals surface area (Å²) in [5, 5.41) is 9.66. The largest absolute Gasteiger partial charge is 0.497 e. The fourth-order valence-electron chi connectivity index (χ4n) is 4.25. The second-order valence-corrected chi connectivity index (χ2v) is 8.20. The molecule has 0 aromatic heterocycles. The number of hydrogen-bond donors (Lipinski definition) is 1. The predicted octanol–water partition coefficient (Wildman–Crippen LogP) is 4.83. The molecule has 0 aliphatic heterocycles. The van der Waals surface area contributed by atoms with Crippen LogP contribution in [0.15, 0.2) is 42.5 Å². The van der Waals surface area contributed by atoms with E-state index < -0.39 is 6.10 Å². The topological polar surface area (TPSA) is 38.7 Å². The molecule has 2 atom stereocenters. The molecule has 3 nitrogen and oxygen atoms in total. The van der Waals surface area contributed by atoms with E-state index >= 15 is 0 Å². The van der Waals surface area contributed by atoms with Gasteiger partial charge in [0.25, 0.3) is 0 Å². The first-order valence-corrected chi connectivity index (χ1v) is 9.40. The van der Waals surface area contributed by atoms with Crippen molar-refractivity contribution >= 4 is 0 Å². The van der Waals surface area contributed by atoms with Gasteiger partial charge in [0.05, 0.1) is 13.2 Å². The average Bonchev–Trinajstić information content (AvgIpc) is 2.86. The molecule has 1 aliphatic rings. The molecule has 3 rings (SSSR count). The van der Waals surface area contributed by atoms with Crippen molar-refractivity contribution in [1.82, 2.24) is 0 Å². The lowest BCUT2D eigenvalue weighted by Gasteiger charge is -2.28. The van der Waals surface area contributed by atoms with E-state index in [2.05, 4.69) is 51.1 Å². The highest BCUT2D eigenvalue weighted by Gasteiger charge is 2.45. The molecule has 0 radical (unpaired) electrons. The van der Waals surface area contributed by atoms with E-state index in [4.69, 9.17) is 9.47 Å². The quantitative estimate of drug-likeness (QED) is 0.807. The summed E-state index contributed by atoms with van der Waals surface area (Å²) < 4.78 is 11.1. The molecule has 0 heterocycles. The fraction of sp³-hybridized carbons (Fsp3) is 0.478. The van der Waals surface area contributed by atoms with Gasteiger partial charge in [-0.3, -0.25) is 0 Å². The van der Waals surface area contributed by atoms with Crippen LogP contribution in [0.2, 0.25) is 0 Å². The summed E-state index contributed by atoms with van der Waals surface area (Å²) in [5.41, 5.74) is 4.09. The maximum Gasteiger partial charge on any atom is 0.119 e. The number of methoxy groups -OCH3 is 1. The third kappa shape index (κ3) is 3.33. The fourth-order valence-corrected chi connectivity index (χ4v) is 4.25. The number of aliphatic hydroxyl groups is 1. The van der Waals surface area contributed by atoms with Gasteiger partial charge in [-0.05, 0) is 59.2 Å². The Balaban J connectivity index is 1.90. The highest BCUT2D eigenvalue weighted by atomic mass is 16.5. The van der Waals surface area contributed by atoms with Crippen LogP contribution in [0.4, 0.5) is 0 Å². The van der Waals surface area contributed by atoms with E-state index in [1.54, 1.807) is 7.11 Å². The third-order valence-electron chi connectivity index (χ3n) is 5.75. The van der Waals surface area contributed by atoms with Crippen LogP contribution in [-0.2, 0) is 10.8 Å². The first-order valence-electron chi connectivity index (χ1n) is 9.40. The van der Waals surface area contributed by atoms with Gasteiger partial charge in [-0.1, -0.05) is 45.9 Å². The average molecular weight is 354 g/mol. The summed E-state index contributed by atoms with van der Waals surface area (Å²) in [4.78, 5) is 0. The molecule has 0 saturated carbocycles. The van der Waals surface area contributed by atoms with Crippen molar-refractivity contribution in [3.05, 3.63) is 59.2 Å². The molecule has 1 N–H and O–H groups in total. The Bertz CT molecular complexity index is 764. The zero-order chi connectivity index (χ0) is 18.9. The molecule has 2 aromatic rings. The Hall–Kier alpha value is -2.00. The standard InChI is InChI=1S/C23H30O3/c1-6-17(24)14-26-18-9-7-16(8-10-18)23(4)15-22(2,3)21-13-19(25-5)11-12-20(21)23/h7-13,17,24H,6,14-15H2,1-5H3. The summed E-state index contributed by atoms with van der Waals surface area (Å²) in [6.45, 7) is 9.22. The molecular weight excluding hydrogens is 324 g/mol. The van der Waals surface area contributed by atoms with Crippen LogP contribution in [-0.4, -0.2) is 24.9 Å². The predicted molar refractivity (Wildman–Crippen MR) is 105 cm³/mol. The van der Waals surface area contributed by atoms with Gasteiger partial charge in [-0.2, -0.15) is 0 Å². The van der Waals surface area contributed by atoms with E-state index in [0.29, 0.717) is 13.0 Å². The first-order chi connectivity index (χ1) is 12.3. The number of ether oxygens (including phenoxy) is 2. The van der Waals surface area contributed by atoms with E-state index in [1.165, 1.54) is 16.7 Å². The first kappa shape index (κ1) is 18.8. The Morgan fingerprint density at radius 3 is 2.27 bits per heavy atom. The van der Waals surface area contributed by atoms with Gasteiger partial charge >= 0.3 is 0 Å². The van der Waals surface area contributed by atoms with Crippen LogP contribution in [0.5, 0.6) is 11.5 Å². The van der Waals surface area contributed by atoms with Gasteiger partial charge < -0.3 is 14.6 Å². The molecule has 26 heavy (non-hydrogen) atoms. The van der Waals surface area contributed by atoms with Gasteiger partial charge in [0.15, 0.2) is 0 Å². The normalized spacial score (nSPS) is 21.9. The van der Waals surface area contributed by atoms with Gasteiger partial charge in [-0.25, -0.2) is 0 Å². The molecule has 0 amide bonds. The summed E-state index contributed by atoms with van der Waals surface area (Å²) in [5.74, 6) is 1.72. The van der Waals surface area contributed by atoms with Crippen molar-refractivity contribution in [3.63, 3.8) is 0 Å². The molecule has 2 unspecified atom stereocenters. The lowest BCUT2D eigenvalue weighted by Crippen LogP contribution is -2.23. The van der Waals surface area contributed by atoms with Gasteiger partial charge in [-0.15, -0.1) is 0 Å². The smallest absolute Gasteiger partial charge is 0.119 e. The molecule has 0 spiro atoms. The zero-order valence-corrected chi connectivity index (χ0v) is 16.5. The molecule has 1 aliphatic carbocycles. The third-order valence-corrected chi connectivity index (χ3v) is 5.75. The Kier molecular flexibility index (Phi) is 5.03. The maximum atomic E-state index is 9.66. The van der Waals surface area contributed by atoms with Crippen molar-refractivity contribution in [1.29, 1.82) is 0 Å². The maximum absolute atomic E-state index is 9.66. The second kappa shape index (κ2) is 6.96. The van der Waals surface area contributed by atoms with E-state index in [0.717, 1.165) is 17.9 Å². The SMILES string of the molecule is CCC(O)COc1ccc(C2(C)CC(C)(C)c3cc(OC)ccc32)cc1. The lowest BCUT2D eigenvalue weighted by atomic mass is 9.75. The number of benzene rings is 2. The summed E-state index contributed by atoms with van der Waals surface area (Å²) in [6, 6.07) is 14.8. The van der Waals surface area contributed by atoms with Crippen molar-refractivity contribution in [2.75, 3.05) is 13.7 Å². The van der Waals surface area contributed by atoms with Gasteiger partial charge in [0.1, 0.15) is 18.1 Å². The highest BCUT2D eigenvalue weighted by Crippen LogP contribution is 2.53. The van der Waals surface area contributed by atoms with Crippen LogP contribution in [0.1, 0.15) is 57.2 Å². The minimum Gasteiger partial charge on any atom is -0.497 e. The second-order valence-electron chi connectivity index (χ2n) is 8.20. The lowest BCUT2D eigenvalue weighted by molar-refractivity contribution is 0.104. The van der Waals surface area contributed by atoms with E-state index in [-0.39, 0.29) is 10.8 Å². The molecule has 0 fully saturated rings. The van der Waals surface area contributed by atoms with Crippen LogP contribution < -0.4 is 9.47 Å². The van der Waals surface area contributed by atoms with Gasteiger partial charge in [0, 0.05) is 5.41 Å². The number of aliphatic hydroxyl groups excluding tert-OH is 1. The molecular formula is C23H30O3. The molecule has 3 heteroatoms. The highest BCUT2D eigenvalue weighted by molar-refractivity contribution is 5.54. The molecule has 0 saturated heterocycles. The van der Waals surface area contributed by atoms with Crippen molar-refractivity contribution < 1.29 is 14.6 Å². The summed E-state index contributed by atoms with van der Waals surface area (Å²) >= 11 is 0. The molecule has 140 valence electrons. The van der Waals surface area contributed by atoms with E-state index in [1.807, 2.05) is 19.1 Å². The van der Waals surface area contributed by atoms with Crippen LogP contribution >= 0.6 is 0 Å². The van der Waals surface area contributed by atoms with Crippen LogP contribution in [0.3, 0.4) is 0 Å². The minimum absolute atomic E-state index is 0.0352. The van der Waals surface area contributed by atoms with E-state index in [9.17, 15) is 5.11 Å². The summed E-state index contributed by atoms with van der Waals surface area (Å²) in [7, 11) is 1.72. The number of rotatable bonds is 6. The van der Waals surface area contributed by atoms with Gasteiger partial charge in [0.2, 0.25) is 0 Å². The van der Waals surface area contributed by atoms with Crippen LogP contribution in [0, 0.1) is 0 Å². The molecule has 0 bridgehead atoms. The zero-order valence-electron chi connectivity index (χ0n) is 16.5. The van der Waals surface area contributed by atoms with Crippen molar-refractivity contribution in [2.45, 2.75) is 57.5 Å². The van der Waals surface area contributed by atoms with Crippen molar-refractivity contribution in [2.24, 2.45) is 0 Å². The van der Waals surface area contributed by atoms with Crippen LogP contribution in [0.25, 0.3) is 0 Å². The Labute approximate surface area is 157 Å².